The van der Waals surface area contributed by atoms with Gasteiger partial charge in [-0.2, -0.15) is 5.26 Å². The number of nitrogens with zero attached hydrogens (tertiary/aromatic N) is 2. The van der Waals surface area contributed by atoms with E-state index in [9.17, 15) is 9.59 Å². The number of carbonyl (C=O) groups excluding carboxylic acids is 2. The van der Waals surface area contributed by atoms with E-state index in [1.54, 1.807) is 24.3 Å². The number of nitriles is 1. The summed E-state index contributed by atoms with van der Waals surface area (Å²) in [5.74, 6) is -0.573. The van der Waals surface area contributed by atoms with Crippen LogP contribution in [0.1, 0.15) is 39.1 Å². The van der Waals surface area contributed by atoms with Crippen LogP contribution in [-0.2, 0) is 0 Å². The van der Waals surface area contributed by atoms with Crippen molar-refractivity contribution in [2.24, 2.45) is 0 Å². The molecule has 23 heavy (non-hydrogen) atoms. The van der Waals surface area contributed by atoms with Crippen LogP contribution in [0.5, 0.6) is 0 Å². The number of amides is 2. The number of aromatic nitrogens is 1. The fourth-order valence-corrected chi connectivity index (χ4v) is 2.02. The lowest BCUT2D eigenvalue weighted by atomic mass is 10.1. The summed E-state index contributed by atoms with van der Waals surface area (Å²) < 4.78 is 0. The van der Waals surface area contributed by atoms with Crippen molar-refractivity contribution in [3.05, 3.63) is 59.4 Å². The van der Waals surface area contributed by atoms with Crippen molar-refractivity contribution >= 4 is 17.5 Å². The van der Waals surface area contributed by atoms with Gasteiger partial charge in [0.15, 0.2) is 0 Å². The van der Waals surface area contributed by atoms with Crippen molar-refractivity contribution in [1.29, 1.82) is 5.26 Å². The minimum Gasteiger partial charge on any atom is -0.349 e. The smallest absolute Gasteiger partial charge is 0.257 e. The molecular formula is C17H14N4O2. The summed E-state index contributed by atoms with van der Waals surface area (Å²) in [4.78, 5) is 28.2. The number of anilines is 1. The Kier molecular flexibility index (Phi) is 4.02. The number of pyridine rings is 1. The quantitative estimate of drug-likeness (QED) is 0.904. The van der Waals surface area contributed by atoms with E-state index in [4.69, 9.17) is 5.26 Å². The van der Waals surface area contributed by atoms with Gasteiger partial charge in [-0.25, -0.2) is 0 Å². The Morgan fingerprint density at radius 2 is 1.74 bits per heavy atom. The van der Waals surface area contributed by atoms with Crippen molar-refractivity contribution in [1.82, 2.24) is 10.3 Å². The zero-order chi connectivity index (χ0) is 16.2. The van der Waals surface area contributed by atoms with Gasteiger partial charge >= 0.3 is 0 Å². The summed E-state index contributed by atoms with van der Waals surface area (Å²) in [5.41, 5.74) is 1.76. The standard InChI is InChI=1S/C17H14N4O2/c18-8-11-1-3-14(4-2-11)20-16(22)12-7-13(10-19-9-12)17(23)21-15-5-6-15/h1-4,7,9-10,15H,5-6H2,(H,20,22)(H,21,23). The Bertz CT molecular complexity index is 789. The molecule has 2 aromatic rings. The number of carbonyl (C=O) groups is 2. The molecule has 3 rings (SSSR count). The Hall–Kier alpha value is -3.20. The van der Waals surface area contributed by atoms with E-state index in [2.05, 4.69) is 15.6 Å². The molecule has 0 atom stereocenters. The lowest BCUT2D eigenvalue weighted by Gasteiger charge is -2.07. The molecule has 2 amide bonds. The first-order chi connectivity index (χ1) is 11.2. The summed E-state index contributed by atoms with van der Waals surface area (Å²) in [5, 5.41) is 14.3. The molecule has 114 valence electrons. The molecule has 1 aliphatic rings. The molecule has 2 N–H and O–H groups in total. The fraction of sp³-hybridized carbons (Fsp3) is 0.176. The second-order valence-corrected chi connectivity index (χ2v) is 5.35. The first-order valence-corrected chi connectivity index (χ1v) is 7.23. The minimum absolute atomic E-state index is 0.215. The number of rotatable bonds is 4. The highest BCUT2D eigenvalue weighted by Gasteiger charge is 2.24. The molecule has 1 heterocycles. The minimum atomic E-state index is -0.358. The molecule has 0 radical (unpaired) electrons. The molecule has 1 aromatic heterocycles. The molecule has 1 aromatic carbocycles. The fourth-order valence-electron chi connectivity index (χ4n) is 2.02. The van der Waals surface area contributed by atoms with Crippen molar-refractivity contribution < 1.29 is 9.59 Å². The average molecular weight is 306 g/mol. The largest absolute Gasteiger partial charge is 0.349 e. The maximum absolute atomic E-state index is 12.2. The summed E-state index contributed by atoms with van der Waals surface area (Å²) in [6.07, 6.45) is 4.85. The number of nitrogens with one attached hydrogen (secondary N) is 2. The molecule has 1 saturated carbocycles. The van der Waals surface area contributed by atoms with Crippen LogP contribution in [0.2, 0.25) is 0 Å². The van der Waals surface area contributed by atoms with E-state index in [0.717, 1.165) is 12.8 Å². The Morgan fingerprint density at radius 3 is 2.35 bits per heavy atom. The van der Waals surface area contributed by atoms with E-state index in [0.29, 0.717) is 22.4 Å². The highest BCUT2D eigenvalue weighted by atomic mass is 16.2. The first-order valence-electron chi connectivity index (χ1n) is 7.23. The van der Waals surface area contributed by atoms with E-state index in [1.165, 1.54) is 18.5 Å². The molecule has 1 aliphatic carbocycles. The number of hydrogen-bond acceptors (Lipinski definition) is 4. The Labute approximate surface area is 133 Å². The lowest BCUT2D eigenvalue weighted by Crippen LogP contribution is -2.26. The predicted molar refractivity (Wildman–Crippen MR) is 83.8 cm³/mol. The zero-order valence-corrected chi connectivity index (χ0v) is 12.2. The molecule has 0 aliphatic heterocycles. The van der Waals surface area contributed by atoms with Gasteiger partial charge in [-0.1, -0.05) is 0 Å². The normalized spacial score (nSPS) is 13.0. The van der Waals surface area contributed by atoms with Gasteiger partial charge < -0.3 is 10.6 Å². The first kappa shape index (κ1) is 14.7. The predicted octanol–water partition coefficient (Wildman–Crippen LogP) is 2.10. The maximum Gasteiger partial charge on any atom is 0.257 e. The van der Waals surface area contributed by atoms with Crippen LogP contribution in [0.3, 0.4) is 0 Å². The summed E-state index contributed by atoms with van der Waals surface area (Å²) >= 11 is 0. The van der Waals surface area contributed by atoms with Gasteiger partial charge in [-0.05, 0) is 43.2 Å². The third-order valence-electron chi connectivity index (χ3n) is 3.45. The van der Waals surface area contributed by atoms with E-state index >= 15 is 0 Å². The van der Waals surface area contributed by atoms with Gasteiger partial charge in [0, 0.05) is 24.1 Å². The van der Waals surface area contributed by atoms with Gasteiger partial charge in [-0.3, -0.25) is 14.6 Å². The van der Waals surface area contributed by atoms with Crippen molar-refractivity contribution in [3.8, 4) is 6.07 Å². The van der Waals surface area contributed by atoms with Crippen molar-refractivity contribution in [2.75, 3.05) is 5.32 Å². The topological polar surface area (TPSA) is 94.9 Å². The molecule has 6 heteroatoms. The molecule has 0 bridgehead atoms. The van der Waals surface area contributed by atoms with Gasteiger partial charge in [0.05, 0.1) is 22.8 Å². The van der Waals surface area contributed by atoms with Crippen LogP contribution in [0, 0.1) is 11.3 Å². The van der Waals surface area contributed by atoms with Gasteiger partial charge in [-0.15, -0.1) is 0 Å². The SMILES string of the molecule is N#Cc1ccc(NC(=O)c2cncc(C(=O)NC3CC3)c2)cc1. The lowest BCUT2D eigenvalue weighted by molar-refractivity contribution is 0.0950. The van der Waals surface area contributed by atoms with E-state index in [-0.39, 0.29) is 17.9 Å². The Balaban J connectivity index is 1.71. The van der Waals surface area contributed by atoms with Gasteiger partial charge in [0.25, 0.3) is 11.8 Å². The van der Waals surface area contributed by atoms with Crippen LogP contribution in [0.15, 0.2) is 42.7 Å². The number of benzene rings is 1. The molecule has 0 spiro atoms. The summed E-state index contributed by atoms with van der Waals surface area (Å²) in [6, 6.07) is 10.3. The second kappa shape index (κ2) is 6.28. The molecular weight excluding hydrogens is 292 g/mol. The third-order valence-corrected chi connectivity index (χ3v) is 3.45. The monoisotopic (exact) mass is 306 g/mol. The Morgan fingerprint density at radius 1 is 1.09 bits per heavy atom. The molecule has 0 saturated heterocycles. The van der Waals surface area contributed by atoms with E-state index in [1.807, 2.05) is 6.07 Å². The van der Waals surface area contributed by atoms with Gasteiger partial charge in [0.2, 0.25) is 0 Å². The maximum atomic E-state index is 12.2. The van der Waals surface area contributed by atoms with Crippen molar-refractivity contribution in [3.63, 3.8) is 0 Å². The van der Waals surface area contributed by atoms with Crippen LogP contribution >= 0.6 is 0 Å². The van der Waals surface area contributed by atoms with E-state index < -0.39 is 0 Å². The molecule has 1 fully saturated rings. The molecule has 6 nitrogen and oxygen atoms in total. The van der Waals surface area contributed by atoms with Crippen LogP contribution < -0.4 is 10.6 Å². The van der Waals surface area contributed by atoms with Crippen LogP contribution in [-0.4, -0.2) is 22.8 Å². The summed E-state index contributed by atoms with van der Waals surface area (Å²) in [7, 11) is 0. The van der Waals surface area contributed by atoms with Crippen molar-refractivity contribution in [2.45, 2.75) is 18.9 Å². The molecule has 0 unspecified atom stereocenters. The highest BCUT2D eigenvalue weighted by molar-refractivity contribution is 6.05. The summed E-state index contributed by atoms with van der Waals surface area (Å²) in [6.45, 7) is 0. The third kappa shape index (κ3) is 3.71. The number of hydrogen-bond donors (Lipinski definition) is 2. The zero-order valence-electron chi connectivity index (χ0n) is 12.2. The van der Waals surface area contributed by atoms with Gasteiger partial charge in [0.1, 0.15) is 0 Å². The van der Waals surface area contributed by atoms with Crippen LogP contribution in [0.25, 0.3) is 0 Å². The second-order valence-electron chi connectivity index (χ2n) is 5.35. The average Bonchev–Trinajstić information content (AvgIpc) is 3.39. The highest BCUT2D eigenvalue weighted by Crippen LogP contribution is 2.19. The van der Waals surface area contributed by atoms with Crippen LogP contribution in [0.4, 0.5) is 5.69 Å².